The second-order valence-corrected chi connectivity index (χ2v) is 4.61. The molecule has 0 spiro atoms. The molecule has 1 rings (SSSR count). The quantitative estimate of drug-likeness (QED) is 0.794. The molecule has 0 saturated carbocycles. The Morgan fingerprint density at radius 2 is 1.94 bits per heavy atom. The number of anilines is 1. The van der Waals surface area contributed by atoms with Gasteiger partial charge in [0.25, 0.3) is 0 Å². The van der Waals surface area contributed by atoms with Crippen molar-refractivity contribution in [3.05, 3.63) is 17.5 Å². The van der Waals surface area contributed by atoms with E-state index in [0.29, 0.717) is 11.4 Å². The number of amides is 1. The van der Waals surface area contributed by atoms with Gasteiger partial charge < -0.3 is 4.74 Å². The van der Waals surface area contributed by atoms with Crippen molar-refractivity contribution in [2.24, 2.45) is 0 Å². The van der Waals surface area contributed by atoms with Gasteiger partial charge in [0.1, 0.15) is 5.60 Å². The molecule has 16 heavy (non-hydrogen) atoms. The maximum atomic E-state index is 11.5. The highest BCUT2D eigenvalue weighted by Gasteiger charge is 2.17. The van der Waals surface area contributed by atoms with Crippen molar-refractivity contribution < 1.29 is 9.53 Å². The largest absolute Gasteiger partial charge is 0.444 e. The highest BCUT2D eigenvalue weighted by Crippen LogP contribution is 2.14. The summed E-state index contributed by atoms with van der Waals surface area (Å²) in [4.78, 5) is 11.5. The van der Waals surface area contributed by atoms with E-state index in [2.05, 4.69) is 15.5 Å². The van der Waals surface area contributed by atoms with E-state index < -0.39 is 11.7 Å². The average molecular weight is 223 g/mol. The molecule has 0 aromatic carbocycles. The summed E-state index contributed by atoms with van der Waals surface area (Å²) in [5, 5.41) is 10.4. The van der Waals surface area contributed by atoms with Gasteiger partial charge in [0.2, 0.25) is 0 Å². The van der Waals surface area contributed by atoms with Crippen LogP contribution in [0.5, 0.6) is 0 Å². The van der Waals surface area contributed by atoms with Crippen molar-refractivity contribution in [3.63, 3.8) is 0 Å². The van der Waals surface area contributed by atoms with Crippen LogP contribution in [0.1, 0.15) is 32.2 Å². The molecular weight excluding hydrogens is 206 g/mol. The van der Waals surface area contributed by atoms with Crippen molar-refractivity contribution in [3.8, 4) is 0 Å². The third-order valence-corrected chi connectivity index (χ3v) is 1.74. The Morgan fingerprint density at radius 3 is 2.50 bits per heavy atom. The number of carbonyl (C=O) groups is 1. The molecule has 1 aromatic rings. The molecule has 0 unspecified atom stereocenters. The molecule has 1 N–H and O–H groups in total. The van der Waals surface area contributed by atoms with Crippen LogP contribution in [-0.2, 0) is 4.74 Å². The fraction of sp³-hybridized carbons (Fsp3) is 0.545. The zero-order chi connectivity index (χ0) is 12.3. The van der Waals surface area contributed by atoms with Gasteiger partial charge in [-0.25, -0.2) is 4.79 Å². The molecule has 0 radical (unpaired) electrons. The topological polar surface area (TPSA) is 64.1 Å². The van der Waals surface area contributed by atoms with Crippen LogP contribution < -0.4 is 5.32 Å². The molecule has 1 amide bonds. The van der Waals surface area contributed by atoms with Gasteiger partial charge in [-0.05, 0) is 40.7 Å². The first-order valence-corrected chi connectivity index (χ1v) is 5.09. The molecular formula is C11H17N3O2. The number of nitrogens with zero attached hydrogens (tertiary/aromatic N) is 2. The van der Waals surface area contributed by atoms with E-state index in [1.807, 2.05) is 27.7 Å². The summed E-state index contributed by atoms with van der Waals surface area (Å²) in [7, 11) is 0. The predicted octanol–water partition coefficient (Wildman–Crippen LogP) is 2.44. The first-order valence-electron chi connectivity index (χ1n) is 5.09. The summed E-state index contributed by atoms with van der Waals surface area (Å²) >= 11 is 0. The highest BCUT2D eigenvalue weighted by molar-refractivity contribution is 5.85. The lowest BCUT2D eigenvalue weighted by atomic mass is 10.2. The van der Waals surface area contributed by atoms with Gasteiger partial charge in [-0.15, -0.1) is 0 Å². The Morgan fingerprint density at radius 1 is 1.31 bits per heavy atom. The molecule has 0 bridgehead atoms. The molecule has 0 saturated heterocycles. The van der Waals surface area contributed by atoms with Gasteiger partial charge in [0.05, 0.1) is 17.1 Å². The van der Waals surface area contributed by atoms with E-state index in [9.17, 15) is 4.79 Å². The summed E-state index contributed by atoms with van der Waals surface area (Å²) in [6.07, 6.45) is -0.483. The van der Waals surface area contributed by atoms with E-state index in [0.717, 1.165) is 5.69 Å². The number of aromatic nitrogens is 2. The minimum Gasteiger partial charge on any atom is -0.444 e. The Balaban J connectivity index is 2.73. The standard InChI is InChI=1S/C11H17N3O2/c1-7-6-9(8(2)14-13-7)12-10(15)16-11(3,4)5/h6H,1-5H3,(H,12,13,15). The zero-order valence-electron chi connectivity index (χ0n) is 10.3. The molecule has 5 heteroatoms. The number of carbonyl (C=O) groups excluding carboxylic acids is 1. The lowest BCUT2D eigenvalue weighted by Crippen LogP contribution is -2.27. The van der Waals surface area contributed by atoms with Crippen LogP contribution in [0.2, 0.25) is 0 Å². The van der Waals surface area contributed by atoms with Gasteiger partial charge in [-0.3, -0.25) is 5.32 Å². The maximum absolute atomic E-state index is 11.5. The Labute approximate surface area is 95.2 Å². The van der Waals surface area contributed by atoms with Crippen LogP contribution in [0, 0.1) is 13.8 Å². The maximum Gasteiger partial charge on any atom is 0.412 e. The summed E-state index contributed by atoms with van der Waals surface area (Å²) in [5.74, 6) is 0. The smallest absolute Gasteiger partial charge is 0.412 e. The van der Waals surface area contributed by atoms with E-state index in [-0.39, 0.29) is 0 Å². The van der Waals surface area contributed by atoms with Crippen molar-refractivity contribution in [2.75, 3.05) is 5.32 Å². The number of hydrogen-bond acceptors (Lipinski definition) is 4. The van der Waals surface area contributed by atoms with Crippen LogP contribution in [0.3, 0.4) is 0 Å². The van der Waals surface area contributed by atoms with Gasteiger partial charge in [-0.2, -0.15) is 10.2 Å². The first-order chi connectivity index (χ1) is 7.28. The third-order valence-electron chi connectivity index (χ3n) is 1.74. The van der Waals surface area contributed by atoms with Crippen molar-refractivity contribution in [1.29, 1.82) is 0 Å². The molecule has 5 nitrogen and oxygen atoms in total. The normalized spacial score (nSPS) is 11.1. The minimum atomic E-state index is -0.506. The Bertz CT molecular complexity index is 397. The van der Waals surface area contributed by atoms with E-state index in [1.165, 1.54) is 0 Å². The number of hydrogen-bond donors (Lipinski definition) is 1. The lowest BCUT2D eigenvalue weighted by molar-refractivity contribution is 0.0635. The summed E-state index contributed by atoms with van der Waals surface area (Å²) < 4.78 is 5.14. The van der Waals surface area contributed by atoms with E-state index >= 15 is 0 Å². The van der Waals surface area contributed by atoms with Gasteiger partial charge in [0.15, 0.2) is 0 Å². The van der Waals surface area contributed by atoms with Crippen molar-refractivity contribution >= 4 is 11.8 Å². The van der Waals surface area contributed by atoms with Crippen LogP contribution in [0.15, 0.2) is 6.07 Å². The lowest BCUT2D eigenvalue weighted by Gasteiger charge is -2.20. The summed E-state index contributed by atoms with van der Waals surface area (Å²) in [6.45, 7) is 9.03. The fourth-order valence-electron chi connectivity index (χ4n) is 1.09. The molecule has 0 aliphatic heterocycles. The second-order valence-electron chi connectivity index (χ2n) is 4.61. The van der Waals surface area contributed by atoms with Crippen molar-refractivity contribution in [2.45, 2.75) is 40.2 Å². The minimum absolute atomic E-state index is 0.483. The predicted molar refractivity (Wildman–Crippen MR) is 61.4 cm³/mol. The zero-order valence-corrected chi connectivity index (χ0v) is 10.3. The van der Waals surface area contributed by atoms with E-state index in [4.69, 9.17) is 4.74 Å². The SMILES string of the molecule is Cc1cc(NC(=O)OC(C)(C)C)c(C)nn1. The van der Waals surface area contributed by atoms with Gasteiger partial charge in [0, 0.05) is 0 Å². The summed E-state index contributed by atoms with van der Waals surface area (Å²) in [5.41, 5.74) is 1.53. The molecule has 0 aliphatic rings. The Hall–Kier alpha value is -1.65. The van der Waals surface area contributed by atoms with Crippen LogP contribution in [0.4, 0.5) is 10.5 Å². The molecule has 1 aromatic heterocycles. The van der Waals surface area contributed by atoms with Crippen molar-refractivity contribution in [1.82, 2.24) is 10.2 Å². The molecule has 0 fully saturated rings. The number of rotatable bonds is 1. The molecule has 0 atom stereocenters. The monoisotopic (exact) mass is 223 g/mol. The van der Waals surface area contributed by atoms with E-state index in [1.54, 1.807) is 13.0 Å². The Kier molecular flexibility index (Phi) is 3.47. The number of ether oxygens (including phenoxy) is 1. The number of nitrogens with one attached hydrogen (secondary N) is 1. The van der Waals surface area contributed by atoms with Crippen LogP contribution in [0.25, 0.3) is 0 Å². The second kappa shape index (κ2) is 4.47. The average Bonchev–Trinajstić information content (AvgIpc) is 2.08. The van der Waals surface area contributed by atoms with Gasteiger partial charge in [-0.1, -0.05) is 0 Å². The third kappa shape index (κ3) is 3.84. The van der Waals surface area contributed by atoms with Gasteiger partial charge >= 0.3 is 6.09 Å². The highest BCUT2D eigenvalue weighted by atomic mass is 16.6. The van der Waals surface area contributed by atoms with Crippen LogP contribution >= 0.6 is 0 Å². The first kappa shape index (κ1) is 12.4. The number of aryl methyl sites for hydroxylation is 2. The van der Waals surface area contributed by atoms with Crippen LogP contribution in [-0.4, -0.2) is 21.9 Å². The fourth-order valence-corrected chi connectivity index (χ4v) is 1.09. The molecule has 1 heterocycles. The summed E-state index contributed by atoms with van der Waals surface area (Å²) in [6, 6.07) is 1.76. The molecule has 0 aliphatic carbocycles. The molecule has 88 valence electrons.